The van der Waals surface area contributed by atoms with Crippen molar-refractivity contribution in [3.63, 3.8) is 0 Å². The topological polar surface area (TPSA) is 20.2 Å². The standard InChI is InChI=1S/C19H21ClO/c1-13-7-9-17(12-18(13)20)19(2,21)16-10-8-14-5-3-4-6-15(14)11-16/h7-12,21H,3-6H2,1-2H3. The zero-order valence-corrected chi connectivity index (χ0v) is 13.4. The molecule has 1 atom stereocenters. The number of aryl methyl sites for hydroxylation is 3. The van der Waals surface area contributed by atoms with Crippen LogP contribution in [0.5, 0.6) is 0 Å². The maximum absolute atomic E-state index is 11.0. The molecular weight excluding hydrogens is 280 g/mol. The molecule has 110 valence electrons. The van der Waals surface area contributed by atoms with Gasteiger partial charge in [-0.15, -0.1) is 0 Å². The number of rotatable bonds is 2. The number of hydrogen-bond donors (Lipinski definition) is 1. The van der Waals surface area contributed by atoms with Gasteiger partial charge in [0.1, 0.15) is 5.60 Å². The van der Waals surface area contributed by atoms with Crippen LogP contribution in [0.2, 0.25) is 5.02 Å². The Morgan fingerprint density at radius 3 is 2.29 bits per heavy atom. The summed E-state index contributed by atoms with van der Waals surface area (Å²) < 4.78 is 0. The van der Waals surface area contributed by atoms with Crippen LogP contribution in [0.4, 0.5) is 0 Å². The summed E-state index contributed by atoms with van der Waals surface area (Å²) >= 11 is 6.21. The van der Waals surface area contributed by atoms with Crippen molar-refractivity contribution in [2.24, 2.45) is 0 Å². The van der Waals surface area contributed by atoms with Crippen LogP contribution in [0.3, 0.4) is 0 Å². The summed E-state index contributed by atoms with van der Waals surface area (Å²) in [7, 11) is 0. The van der Waals surface area contributed by atoms with E-state index in [1.807, 2.05) is 32.0 Å². The van der Waals surface area contributed by atoms with E-state index >= 15 is 0 Å². The molecule has 0 fully saturated rings. The van der Waals surface area contributed by atoms with Crippen LogP contribution >= 0.6 is 11.6 Å². The third-order valence-electron chi connectivity index (χ3n) is 4.64. The maximum atomic E-state index is 11.0. The third-order valence-corrected chi connectivity index (χ3v) is 5.05. The van der Waals surface area contributed by atoms with Crippen molar-refractivity contribution in [1.82, 2.24) is 0 Å². The van der Waals surface area contributed by atoms with Gasteiger partial charge in [-0.05, 0) is 73.4 Å². The number of halogens is 1. The van der Waals surface area contributed by atoms with Gasteiger partial charge in [-0.3, -0.25) is 0 Å². The molecule has 0 saturated carbocycles. The Kier molecular flexibility index (Phi) is 3.81. The Morgan fingerprint density at radius 2 is 1.57 bits per heavy atom. The number of aliphatic hydroxyl groups is 1. The van der Waals surface area contributed by atoms with Crippen molar-refractivity contribution < 1.29 is 5.11 Å². The van der Waals surface area contributed by atoms with Crippen molar-refractivity contribution in [3.05, 3.63) is 69.2 Å². The minimum atomic E-state index is -1.01. The van der Waals surface area contributed by atoms with Crippen molar-refractivity contribution in [2.75, 3.05) is 0 Å². The molecule has 1 nitrogen and oxygen atoms in total. The first kappa shape index (κ1) is 14.6. The predicted molar refractivity (Wildman–Crippen MR) is 87.9 cm³/mol. The molecule has 0 bridgehead atoms. The molecule has 0 spiro atoms. The number of hydrogen-bond acceptors (Lipinski definition) is 1. The molecule has 0 aliphatic heterocycles. The molecular formula is C19H21ClO. The summed E-state index contributed by atoms with van der Waals surface area (Å²) in [5.74, 6) is 0. The highest BCUT2D eigenvalue weighted by atomic mass is 35.5. The van der Waals surface area contributed by atoms with E-state index in [2.05, 4.69) is 18.2 Å². The summed E-state index contributed by atoms with van der Waals surface area (Å²) in [5, 5.41) is 11.7. The van der Waals surface area contributed by atoms with Crippen molar-refractivity contribution in [1.29, 1.82) is 0 Å². The Morgan fingerprint density at radius 1 is 0.952 bits per heavy atom. The van der Waals surface area contributed by atoms with Crippen LogP contribution in [-0.4, -0.2) is 5.11 Å². The Bertz CT molecular complexity index is 673. The molecule has 0 radical (unpaired) electrons. The van der Waals surface area contributed by atoms with Gasteiger partial charge in [0.25, 0.3) is 0 Å². The van der Waals surface area contributed by atoms with Crippen LogP contribution in [0.1, 0.15) is 47.6 Å². The van der Waals surface area contributed by atoms with E-state index in [-0.39, 0.29) is 0 Å². The molecule has 1 N–H and O–H groups in total. The molecule has 0 heterocycles. The van der Waals surface area contributed by atoms with Gasteiger partial charge in [-0.2, -0.15) is 0 Å². The van der Waals surface area contributed by atoms with Crippen molar-refractivity contribution in [2.45, 2.75) is 45.1 Å². The van der Waals surface area contributed by atoms with E-state index in [1.165, 1.54) is 24.0 Å². The molecule has 2 aromatic rings. The second-order valence-corrected chi connectivity index (χ2v) is 6.63. The van der Waals surface area contributed by atoms with E-state index in [0.717, 1.165) is 29.5 Å². The van der Waals surface area contributed by atoms with Crippen LogP contribution in [-0.2, 0) is 18.4 Å². The minimum absolute atomic E-state index is 0.700. The summed E-state index contributed by atoms with van der Waals surface area (Å²) in [6, 6.07) is 12.2. The Balaban J connectivity index is 2.02. The van der Waals surface area contributed by atoms with Gasteiger partial charge in [0.15, 0.2) is 0 Å². The summed E-state index contributed by atoms with van der Waals surface area (Å²) in [6.45, 7) is 3.82. The second-order valence-electron chi connectivity index (χ2n) is 6.23. The average Bonchev–Trinajstić information content (AvgIpc) is 2.49. The van der Waals surface area contributed by atoms with Crippen molar-refractivity contribution in [3.8, 4) is 0 Å². The molecule has 2 aromatic carbocycles. The van der Waals surface area contributed by atoms with E-state index in [9.17, 15) is 5.11 Å². The summed E-state index contributed by atoms with van der Waals surface area (Å²) in [5.41, 5.74) is 4.63. The fourth-order valence-electron chi connectivity index (χ4n) is 3.10. The molecule has 1 unspecified atom stereocenters. The zero-order chi connectivity index (χ0) is 15.0. The molecule has 0 saturated heterocycles. The van der Waals surface area contributed by atoms with Gasteiger partial charge in [0.2, 0.25) is 0 Å². The average molecular weight is 301 g/mol. The van der Waals surface area contributed by atoms with Crippen LogP contribution in [0, 0.1) is 6.92 Å². The van der Waals surface area contributed by atoms with Gasteiger partial charge < -0.3 is 5.11 Å². The first-order chi connectivity index (χ1) is 9.98. The normalized spacial score (nSPS) is 17.1. The molecule has 0 amide bonds. The van der Waals surface area contributed by atoms with Crippen LogP contribution < -0.4 is 0 Å². The predicted octanol–water partition coefficient (Wildman–Crippen LogP) is 4.78. The zero-order valence-electron chi connectivity index (χ0n) is 12.6. The fraction of sp³-hybridized carbons (Fsp3) is 0.368. The fourth-order valence-corrected chi connectivity index (χ4v) is 3.28. The Labute approximate surface area is 131 Å². The van der Waals surface area contributed by atoms with E-state index < -0.39 is 5.60 Å². The lowest BCUT2D eigenvalue weighted by Gasteiger charge is -2.27. The second kappa shape index (κ2) is 5.47. The highest BCUT2D eigenvalue weighted by Gasteiger charge is 2.27. The Hall–Kier alpha value is -1.31. The molecule has 21 heavy (non-hydrogen) atoms. The first-order valence-corrected chi connectivity index (χ1v) is 7.97. The van der Waals surface area contributed by atoms with E-state index in [4.69, 9.17) is 11.6 Å². The lowest BCUT2D eigenvalue weighted by Crippen LogP contribution is -2.23. The van der Waals surface area contributed by atoms with Gasteiger partial charge in [0.05, 0.1) is 0 Å². The van der Waals surface area contributed by atoms with Gasteiger partial charge >= 0.3 is 0 Å². The number of fused-ring (bicyclic) bond motifs is 1. The molecule has 2 heteroatoms. The minimum Gasteiger partial charge on any atom is -0.381 e. The maximum Gasteiger partial charge on any atom is 0.112 e. The lowest BCUT2D eigenvalue weighted by atomic mass is 9.83. The smallest absolute Gasteiger partial charge is 0.112 e. The summed E-state index contributed by atoms with van der Waals surface area (Å²) in [4.78, 5) is 0. The van der Waals surface area contributed by atoms with E-state index in [0.29, 0.717) is 5.02 Å². The molecule has 0 aromatic heterocycles. The first-order valence-electron chi connectivity index (χ1n) is 7.60. The van der Waals surface area contributed by atoms with Crippen molar-refractivity contribution >= 4 is 11.6 Å². The monoisotopic (exact) mass is 300 g/mol. The quantitative estimate of drug-likeness (QED) is 0.846. The largest absolute Gasteiger partial charge is 0.381 e. The van der Waals surface area contributed by atoms with Crippen LogP contribution in [0.25, 0.3) is 0 Å². The highest BCUT2D eigenvalue weighted by molar-refractivity contribution is 6.31. The number of benzene rings is 2. The molecule has 1 aliphatic rings. The lowest BCUT2D eigenvalue weighted by molar-refractivity contribution is 0.102. The summed E-state index contributed by atoms with van der Waals surface area (Å²) in [6.07, 6.45) is 4.80. The van der Waals surface area contributed by atoms with Gasteiger partial charge in [-0.1, -0.05) is 41.9 Å². The van der Waals surface area contributed by atoms with Gasteiger partial charge in [0, 0.05) is 5.02 Å². The van der Waals surface area contributed by atoms with Crippen LogP contribution in [0.15, 0.2) is 36.4 Å². The third kappa shape index (κ3) is 2.73. The SMILES string of the molecule is Cc1ccc(C(C)(O)c2ccc3c(c2)CCCC3)cc1Cl. The molecule has 3 rings (SSSR count). The van der Waals surface area contributed by atoms with Gasteiger partial charge in [-0.25, -0.2) is 0 Å². The van der Waals surface area contributed by atoms with E-state index in [1.54, 1.807) is 0 Å². The molecule has 1 aliphatic carbocycles. The highest BCUT2D eigenvalue weighted by Crippen LogP contribution is 2.34.